The molecule has 1 fully saturated rings. The number of carbonyl (C=O) groups is 1. The van der Waals surface area contributed by atoms with E-state index in [1.807, 2.05) is 20.8 Å². The van der Waals surface area contributed by atoms with Crippen molar-refractivity contribution in [1.29, 1.82) is 0 Å². The molecule has 2 aromatic heterocycles. The monoisotopic (exact) mass is 407 g/mol. The molecule has 0 unspecified atom stereocenters. The summed E-state index contributed by atoms with van der Waals surface area (Å²) in [4.78, 5) is 42.3. The molecule has 7 nitrogen and oxygen atoms in total. The lowest BCUT2D eigenvalue weighted by molar-refractivity contribution is -0.160. The number of pyridine rings is 1. The average Bonchev–Trinajstić information content (AvgIpc) is 2.85. The predicted molar refractivity (Wildman–Crippen MR) is 108 cm³/mol. The van der Waals surface area contributed by atoms with Gasteiger partial charge in [-0.2, -0.15) is 0 Å². The Bertz CT molecular complexity index is 1020. The molecule has 0 bridgehead atoms. The van der Waals surface area contributed by atoms with Crippen molar-refractivity contribution in [2.75, 3.05) is 0 Å². The normalized spacial score (nSPS) is 20.8. The predicted octanol–water partition coefficient (Wildman–Crippen LogP) is 3.21. The summed E-state index contributed by atoms with van der Waals surface area (Å²) >= 11 is 6.05. The van der Waals surface area contributed by atoms with Crippen LogP contribution in [-0.4, -0.2) is 25.7 Å². The molecule has 1 saturated carbocycles. The maximum absolute atomic E-state index is 12.8. The van der Waals surface area contributed by atoms with Gasteiger partial charge in [-0.3, -0.25) is 19.0 Å². The van der Waals surface area contributed by atoms with Crippen molar-refractivity contribution >= 4 is 28.7 Å². The Balaban J connectivity index is 2.07. The zero-order chi connectivity index (χ0) is 20.6. The van der Waals surface area contributed by atoms with Crippen LogP contribution in [0.4, 0.5) is 0 Å². The Morgan fingerprint density at radius 1 is 1.21 bits per heavy atom. The van der Waals surface area contributed by atoms with E-state index in [0.29, 0.717) is 35.4 Å². The highest BCUT2D eigenvalue weighted by Gasteiger charge is 2.32. The van der Waals surface area contributed by atoms with E-state index >= 15 is 0 Å². The van der Waals surface area contributed by atoms with E-state index in [4.69, 9.17) is 16.3 Å². The molecule has 2 atom stereocenters. The molecule has 2 aromatic rings. The van der Waals surface area contributed by atoms with Gasteiger partial charge in [0.25, 0.3) is 0 Å². The van der Waals surface area contributed by atoms with Gasteiger partial charge in [0.15, 0.2) is 5.65 Å². The molecular formula is C20H26ClN3O4. The van der Waals surface area contributed by atoms with E-state index in [0.717, 1.165) is 12.8 Å². The number of halogens is 1. The van der Waals surface area contributed by atoms with Gasteiger partial charge in [-0.25, -0.2) is 4.98 Å². The summed E-state index contributed by atoms with van der Waals surface area (Å²) in [5, 5.41) is 0.389. The van der Waals surface area contributed by atoms with Crippen LogP contribution in [0, 0.1) is 5.92 Å². The van der Waals surface area contributed by atoms with Crippen molar-refractivity contribution < 1.29 is 9.53 Å². The molecule has 0 aromatic carbocycles. The number of aromatic nitrogens is 3. The van der Waals surface area contributed by atoms with Gasteiger partial charge >= 0.3 is 17.1 Å². The Morgan fingerprint density at radius 2 is 1.89 bits per heavy atom. The lowest BCUT2D eigenvalue weighted by atomic mass is 9.97. The average molecular weight is 408 g/mol. The summed E-state index contributed by atoms with van der Waals surface area (Å²) in [5.41, 5.74) is -0.917. The minimum atomic E-state index is -0.630. The summed E-state index contributed by atoms with van der Waals surface area (Å²) in [6.07, 6.45) is 5.06. The second-order valence-electron chi connectivity index (χ2n) is 8.44. The lowest BCUT2D eigenvalue weighted by Crippen LogP contribution is -2.42. The molecule has 3 rings (SSSR count). The molecule has 1 aliphatic rings. The first-order valence-corrected chi connectivity index (χ1v) is 9.96. The van der Waals surface area contributed by atoms with Crippen molar-refractivity contribution in [3.63, 3.8) is 0 Å². The largest absolute Gasteiger partial charge is 0.460 e. The second-order valence-corrected chi connectivity index (χ2v) is 8.88. The minimum absolute atomic E-state index is 0.253. The number of esters is 1. The maximum Gasteiger partial charge on any atom is 0.318 e. The van der Waals surface area contributed by atoms with Crippen LogP contribution in [0.5, 0.6) is 0 Å². The van der Waals surface area contributed by atoms with E-state index in [1.165, 1.54) is 22.4 Å². The van der Waals surface area contributed by atoms with Gasteiger partial charge in [-0.15, -0.1) is 0 Å². The number of rotatable bonds is 2. The smallest absolute Gasteiger partial charge is 0.318 e. The van der Waals surface area contributed by atoms with Crippen molar-refractivity contribution in [3.05, 3.63) is 38.0 Å². The standard InChI is InChI=1S/C20H26ClN3O4/c1-20(2,3)28-19(27)12-7-5-6-8-14(9-12)24-16-15(10-13(21)11-22-16)23(4)17(25)18(24)26/h10-12,14H,5-9H2,1-4H3/t12-,14-/m0/s1. The molecule has 0 radical (unpaired) electrons. The van der Waals surface area contributed by atoms with Crippen LogP contribution in [0.1, 0.15) is 58.9 Å². The lowest BCUT2D eigenvalue weighted by Gasteiger charge is -2.26. The minimum Gasteiger partial charge on any atom is -0.460 e. The summed E-state index contributed by atoms with van der Waals surface area (Å²) in [6, 6.07) is 1.33. The Hall–Kier alpha value is -2.15. The van der Waals surface area contributed by atoms with Gasteiger partial charge in [0.2, 0.25) is 0 Å². The molecule has 1 aliphatic carbocycles. The van der Waals surface area contributed by atoms with Crippen molar-refractivity contribution in [2.24, 2.45) is 13.0 Å². The maximum atomic E-state index is 12.8. The van der Waals surface area contributed by atoms with E-state index in [1.54, 1.807) is 6.07 Å². The third kappa shape index (κ3) is 4.14. The molecule has 0 saturated heterocycles. The molecule has 28 heavy (non-hydrogen) atoms. The molecule has 2 heterocycles. The van der Waals surface area contributed by atoms with Crippen molar-refractivity contribution in [3.8, 4) is 0 Å². The number of hydrogen-bond donors (Lipinski definition) is 0. The highest BCUT2D eigenvalue weighted by atomic mass is 35.5. The van der Waals surface area contributed by atoms with E-state index in [9.17, 15) is 14.4 Å². The van der Waals surface area contributed by atoms with Crippen LogP contribution in [0.3, 0.4) is 0 Å². The van der Waals surface area contributed by atoms with Crippen LogP contribution in [0.2, 0.25) is 5.02 Å². The zero-order valence-electron chi connectivity index (χ0n) is 16.7. The summed E-state index contributed by atoms with van der Waals surface area (Å²) in [7, 11) is 1.53. The molecule has 0 aliphatic heterocycles. The van der Waals surface area contributed by atoms with Gasteiger partial charge < -0.3 is 9.30 Å². The van der Waals surface area contributed by atoms with Crippen LogP contribution in [-0.2, 0) is 16.6 Å². The van der Waals surface area contributed by atoms with Crippen LogP contribution in [0.15, 0.2) is 21.9 Å². The van der Waals surface area contributed by atoms with E-state index in [2.05, 4.69) is 4.98 Å². The Morgan fingerprint density at radius 3 is 2.57 bits per heavy atom. The Kier molecular flexibility index (Phi) is 5.66. The van der Waals surface area contributed by atoms with Gasteiger partial charge in [0.1, 0.15) is 5.60 Å². The zero-order valence-corrected chi connectivity index (χ0v) is 17.5. The third-order valence-electron chi connectivity index (χ3n) is 5.11. The van der Waals surface area contributed by atoms with Crippen molar-refractivity contribution in [2.45, 2.75) is 64.5 Å². The van der Waals surface area contributed by atoms with Gasteiger partial charge in [-0.05, 0) is 46.1 Å². The van der Waals surface area contributed by atoms with E-state index < -0.39 is 16.7 Å². The highest BCUT2D eigenvalue weighted by molar-refractivity contribution is 6.31. The van der Waals surface area contributed by atoms with Gasteiger partial charge in [-0.1, -0.05) is 24.4 Å². The first-order valence-electron chi connectivity index (χ1n) is 9.58. The third-order valence-corrected chi connectivity index (χ3v) is 5.32. The van der Waals surface area contributed by atoms with Crippen LogP contribution in [0.25, 0.3) is 11.2 Å². The van der Waals surface area contributed by atoms with Crippen molar-refractivity contribution in [1.82, 2.24) is 14.1 Å². The molecule has 0 amide bonds. The molecule has 0 N–H and O–H groups in total. The van der Waals surface area contributed by atoms with Gasteiger partial charge in [0.05, 0.1) is 16.5 Å². The quantitative estimate of drug-likeness (QED) is 0.433. The Labute approximate surface area is 168 Å². The summed E-state index contributed by atoms with van der Waals surface area (Å²) in [5.74, 6) is -0.568. The number of nitrogens with zero attached hydrogens (tertiary/aromatic N) is 3. The summed E-state index contributed by atoms with van der Waals surface area (Å²) in [6.45, 7) is 5.52. The fourth-order valence-corrected chi connectivity index (χ4v) is 3.97. The first-order chi connectivity index (χ1) is 13.1. The highest BCUT2D eigenvalue weighted by Crippen LogP contribution is 2.33. The molecule has 8 heteroatoms. The topological polar surface area (TPSA) is 83.2 Å². The molecule has 152 valence electrons. The molecule has 0 spiro atoms. The van der Waals surface area contributed by atoms with Crippen LogP contribution < -0.4 is 11.1 Å². The van der Waals surface area contributed by atoms with Crippen LogP contribution >= 0.6 is 11.6 Å². The fourth-order valence-electron chi connectivity index (χ4n) is 3.81. The molecular weight excluding hydrogens is 382 g/mol. The number of aryl methyl sites for hydroxylation is 1. The van der Waals surface area contributed by atoms with E-state index in [-0.39, 0.29) is 17.9 Å². The number of hydrogen-bond acceptors (Lipinski definition) is 5. The second kappa shape index (κ2) is 7.70. The number of fused-ring (bicyclic) bond motifs is 1. The SMILES string of the molecule is Cn1c(=O)c(=O)n([C@H]2CCCC[C@H](C(=O)OC(C)(C)C)C2)c2ncc(Cl)cc21. The first kappa shape index (κ1) is 20.6. The fraction of sp³-hybridized carbons (Fsp3) is 0.600. The number of ether oxygens (including phenoxy) is 1. The number of carbonyl (C=O) groups excluding carboxylic acids is 1. The van der Waals surface area contributed by atoms with Gasteiger partial charge in [0, 0.05) is 19.3 Å². The summed E-state index contributed by atoms with van der Waals surface area (Å²) < 4.78 is 8.30.